The van der Waals surface area contributed by atoms with Crippen LogP contribution < -0.4 is 10.2 Å². The zero-order valence-corrected chi connectivity index (χ0v) is 28.7. The van der Waals surface area contributed by atoms with Crippen LogP contribution in [-0.2, 0) is 6.54 Å². The standard InChI is InChI=1S/C46H39N5/c1-32-24-29-41-40-21-10-12-23-43(40)51(38-19-13-18-37(30-38)35-27-25-34(26-28-35)33-14-5-3-6-15-33)44(41)31-50(42-22-11-9-20-39(32)42)46(47)49-45(48-2)36-16-7-4-8-17-36/h3-12,14-17,19-30H,1,13,18,31H2,2H3,(H2,47,48,49)/b29-24-. The van der Waals surface area contributed by atoms with Crippen molar-refractivity contribution in [3.63, 3.8) is 0 Å². The van der Waals surface area contributed by atoms with Gasteiger partial charge in [0.1, 0.15) is 5.84 Å². The number of hydrogen-bond acceptors (Lipinski definition) is 1. The van der Waals surface area contributed by atoms with Gasteiger partial charge in [0.25, 0.3) is 0 Å². The molecule has 2 heterocycles. The predicted octanol–water partition coefficient (Wildman–Crippen LogP) is 10.7. The number of para-hydroxylation sites is 2. The van der Waals surface area contributed by atoms with Gasteiger partial charge in [-0.2, -0.15) is 4.99 Å². The van der Waals surface area contributed by atoms with Gasteiger partial charge in [-0.1, -0.05) is 146 Å². The van der Waals surface area contributed by atoms with E-state index in [0.717, 1.165) is 63.1 Å². The molecular formula is C46H39N5. The van der Waals surface area contributed by atoms with Crippen LogP contribution in [0, 0.1) is 5.41 Å². The molecule has 0 saturated heterocycles. The number of rotatable bonds is 4. The second-order valence-corrected chi connectivity index (χ2v) is 12.9. The molecule has 0 amide bonds. The molecule has 0 fully saturated rings. The number of aromatic nitrogens is 1. The first-order valence-electron chi connectivity index (χ1n) is 17.4. The molecule has 2 aliphatic rings. The fourth-order valence-corrected chi connectivity index (χ4v) is 7.24. The van der Waals surface area contributed by atoms with Gasteiger partial charge in [-0.15, -0.1) is 0 Å². The number of fused-ring (bicyclic) bond motifs is 4. The van der Waals surface area contributed by atoms with Crippen molar-refractivity contribution in [1.29, 1.82) is 5.41 Å². The first-order chi connectivity index (χ1) is 25.1. The van der Waals surface area contributed by atoms with Crippen molar-refractivity contribution in [3.05, 3.63) is 186 Å². The maximum atomic E-state index is 9.53. The molecule has 248 valence electrons. The van der Waals surface area contributed by atoms with Crippen molar-refractivity contribution >= 4 is 51.3 Å². The van der Waals surface area contributed by atoms with Crippen LogP contribution in [-0.4, -0.2) is 23.4 Å². The molecule has 0 unspecified atom stereocenters. The second kappa shape index (κ2) is 13.8. The third-order valence-corrected chi connectivity index (χ3v) is 9.78. The minimum absolute atomic E-state index is 0.139. The van der Waals surface area contributed by atoms with Crippen molar-refractivity contribution in [1.82, 2.24) is 9.88 Å². The average molecular weight is 662 g/mol. The van der Waals surface area contributed by atoms with E-state index < -0.39 is 0 Å². The molecule has 0 radical (unpaired) electrons. The highest BCUT2D eigenvalue weighted by Gasteiger charge is 2.26. The molecule has 8 rings (SSSR count). The number of allylic oxidation sites excluding steroid dienone is 6. The van der Waals surface area contributed by atoms with Crippen molar-refractivity contribution in [2.45, 2.75) is 19.4 Å². The summed E-state index contributed by atoms with van der Waals surface area (Å²) < 4.78 is 2.39. The SMILES string of the molecule is C=C1/C=C\c2c(n(C3=CCCC(c4ccc(-c5ccccc5)cc4)=C3)c3ccccc23)CN(C(=N)/N=C(\NC)c2ccccc2)c2ccccc21. The summed E-state index contributed by atoms with van der Waals surface area (Å²) >= 11 is 0. The van der Waals surface area contributed by atoms with Gasteiger partial charge in [0.2, 0.25) is 5.96 Å². The summed E-state index contributed by atoms with van der Waals surface area (Å²) in [5, 5.41) is 13.9. The molecule has 0 atom stereocenters. The smallest absolute Gasteiger partial charge is 0.224 e. The van der Waals surface area contributed by atoms with Crippen LogP contribution in [0.1, 0.15) is 40.8 Å². The van der Waals surface area contributed by atoms with Gasteiger partial charge in [0.05, 0.1) is 23.4 Å². The molecule has 5 heteroatoms. The topological polar surface area (TPSA) is 56.4 Å². The van der Waals surface area contributed by atoms with Gasteiger partial charge in [0, 0.05) is 34.8 Å². The quantitative estimate of drug-likeness (QED) is 0.146. The van der Waals surface area contributed by atoms with Gasteiger partial charge >= 0.3 is 0 Å². The van der Waals surface area contributed by atoms with E-state index in [9.17, 15) is 5.41 Å². The molecule has 0 spiro atoms. The van der Waals surface area contributed by atoms with Gasteiger partial charge in [-0.05, 0) is 58.9 Å². The van der Waals surface area contributed by atoms with Crippen LogP contribution >= 0.6 is 0 Å². The lowest BCUT2D eigenvalue weighted by Crippen LogP contribution is -2.33. The summed E-state index contributed by atoms with van der Waals surface area (Å²) in [5.74, 6) is 0.775. The lowest BCUT2D eigenvalue weighted by molar-refractivity contribution is 0.897. The van der Waals surface area contributed by atoms with E-state index in [1.54, 1.807) is 0 Å². The zero-order valence-electron chi connectivity index (χ0n) is 28.7. The van der Waals surface area contributed by atoms with Gasteiger partial charge in [0.15, 0.2) is 0 Å². The molecular weight excluding hydrogens is 623 g/mol. The molecule has 5 aromatic carbocycles. The lowest BCUT2D eigenvalue weighted by Gasteiger charge is -2.27. The number of guanidine groups is 1. The molecule has 5 nitrogen and oxygen atoms in total. The second-order valence-electron chi connectivity index (χ2n) is 12.9. The van der Waals surface area contributed by atoms with E-state index in [1.807, 2.05) is 54.4 Å². The van der Waals surface area contributed by atoms with Crippen molar-refractivity contribution < 1.29 is 0 Å². The summed E-state index contributed by atoms with van der Waals surface area (Å²) in [6.07, 6.45) is 10.9. The van der Waals surface area contributed by atoms with Crippen LogP contribution in [0.4, 0.5) is 5.69 Å². The Morgan fingerprint density at radius 3 is 2.20 bits per heavy atom. The maximum absolute atomic E-state index is 9.53. The molecule has 0 saturated carbocycles. The van der Waals surface area contributed by atoms with E-state index in [0.29, 0.717) is 12.4 Å². The van der Waals surface area contributed by atoms with E-state index in [-0.39, 0.29) is 5.96 Å². The molecule has 1 aliphatic heterocycles. The normalized spacial score (nSPS) is 15.1. The highest BCUT2D eigenvalue weighted by Crippen LogP contribution is 2.39. The summed E-state index contributed by atoms with van der Waals surface area (Å²) in [5.41, 5.74) is 13.1. The predicted molar refractivity (Wildman–Crippen MR) is 216 cm³/mol. The first kappa shape index (κ1) is 31.8. The maximum Gasteiger partial charge on any atom is 0.224 e. The van der Waals surface area contributed by atoms with Crippen LogP contribution in [0.5, 0.6) is 0 Å². The van der Waals surface area contributed by atoms with Crippen molar-refractivity contribution in [2.24, 2.45) is 4.99 Å². The molecule has 6 aromatic rings. The van der Waals surface area contributed by atoms with Crippen molar-refractivity contribution in [3.8, 4) is 11.1 Å². The van der Waals surface area contributed by atoms with Crippen molar-refractivity contribution in [2.75, 3.05) is 11.9 Å². The van der Waals surface area contributed by atoms with Crippen LogP contribution in [0.2, 0.25) is 0 Å². The summed E-state index contributed by atoms with van der Waals surface area (Å²) in [4.78, 5) is 6.91. The third kappa shape index (κ3) is 6.15. The summed E-state index contributed by atoms with van der Waals surface area (Å²) in [6, 6.07) is 46.2. The number of nitrogens with one attached hydrogen (secondary N) is 2. The van der Waals surface area contributed by atoms with Gasteiger partial charge < -0.3 is 14.8 Å². The Hall–Kier alpha value is -6.46. The third-order valence-electron chi connectivity index (χ3n) is 9.78. The Morgan fingerprint density at radius 2 is 1.41 bits per heavy atom. The van der Waals surface area contributed by atoms with E-state index in [1.165, 1.54) is 22.3 Å². The largest absolute Gasteiger partial charge is 0.373 e. The first-order valence-corrected chi connectivity index (χ1v) is 17.4. The Bertz CT molecular complexity index is 2390. The lowest BCUT2D eigenvalue weighted by atomic mass is 9.94. The number of benzene rings is 5. The molecule has 2 N–H and O–H groups in total. The number of amidine groups is 1. The Labute approximate surface area is 299 Å². The minimum Gasteiger partial charge on any atom is -0.373 e. The van der Waals surface area contributed by atoms with Crippen LogP contribution in [0.15, 0.2) is 163 Å². The van der Waals surface area contributed by atoms with Crippen LogP contribution in [0.3, 0.4) is 0 Å². The van der Waals surface area contributed by atoms with E-state index in [4.69, 9.17) is 4.99 Å². The summed E-state index contributed by atoms with van der Waals surface area (Å²) in [7, 11) is 1.85. The van der Waals surface area contributed by atoms with Gasteiger partial charge in [-0.25, -0.2) is 0 Å². The van der Waals surface area contributed by atoms with Crippen LogP contribution in [0.25, 0.3) is 44.9 Å². The Morgan fingerprint density at radius 1 is 0.745 bits per heavy atom. The number of anilines is 1. The fraction of sp³-hybridized carbons (Fsp3) is 0.0870. The molecule has 1 aliphatic carbocycles. The Kier molecular flexibility index (Phi) is 8.61. The number of hydrogen-bond donors (Lipinski definition) is 2. The number of aliphatic imine (C=N–C) groups is 1. The van der Waals surface area contributed by atoms with E-state index in [2.05, 4.69) is 132 Å². The summed E-state index contributed by atoms with van der Waals surface area (Å²) in [6.45, 7) is 4.91. The molecule has 0 bridgehead atoms. The Balaban J connectivity index is 1.26. The average Bonchev–Trinajstić information content (AvgIpc) is 3.53. The van der Waals surface area contributed by atoms with Gasteiger partial charge in [-0.3, -0.25) is 5.41 Å². The highest BCUT2D eigenvalue weighted by molar-refractivity contribution is 6.10. The highest BCUT2D eigenvalue weighted by atomic mass is 15.3. The monoisotopic (exact) mass is 661 g/mol. The number of nitrogens with zero attached hydrogens (tertiary/aromatic N) is 3. The molecule has 51 heavy (non-hydrogen) atoms. The molecule has 1 aromatic heterocycles. The fourth-order valence-electron chi connectivity index (χ4n) is 7.24. The van der Waals surface area contributed by atoms with E-state index >= 15 is 0 Å². The zero-order chi connectivity index (χ0) is 34.7. The minimum atomic E-state index is 0.139.